The summed E-state index contributed by atoms with van der Waals surface area (Å²) in [6, 6.07) is 13.7. The molecule has 0 aliphatic heterocycles. The zero-order valence-corrected chi connectivity index (χ0v) is 11.7. The summed E-state index contributed by atoms with van der Waals surface area (Å²) < 4.78 is 5.81. The lowest BCUT2D eigenvalue weighted by Gasteiger charge is -2.17. The number of ether oxygens (including phenoxy) is 1. The Balaban J connectivity index is 2.09. The van der Waals surface area contributed by atoms with Crippen molar-refractivity contribution in [3.05, 3.63) is 64.7 Å². The van der Waals surface area contributed by atoms with Crippen molar-refractivity contribution in [2.24, 2.45) is 0 Å². The van der Waals surface area contributed by atoms with Gasteiger partial charge in [0.15, 0.2) is 0 Å². The molecule has 0 aliphatic rings. The summed E-state index contributed by atoms with van der Waals surface area (Å²) in [4.78, 5) is 0. The van der Waals surface area contributed by atoms with Gasteiger partial charge in [0, 0.05) is 0 Å². The topological polar surface area (TPSA) is 29.5 Å². The number of aliphatic hydroxyl groups is 1. The lowest BCUT2D eigenvalue weighted by molar-refractivity contribution is 0.107. The summed E-state index contributed by atoms with van der Waals surface area (Å²) in [5, 5.41) is 10.1. The fourth-order valence-corrected chi connectivity index (χ4v) is 2.08. The van der Waals surface area contributed by atoms with Crippen LogP contribution in [0.1, 0.15) is 28.4 Å². The average Bonchev–Trinajstić information content (AvgIpc) is 2.44. The van der Waals surface area contributed by atoms with Crippen LogP contribution in [0.4, 0.5) is 0 Å². The Morgan fingerprint density at radius 1 is 0.947 bits per heavy atom. The minimum Gasteiger partial charge on any atom is -0.490 e. The summed E-state index contributed by atoms with van der Waals surface area (Å²) in [7, 11) is 0. The molecule has 0 saturated heterocycles. The second kappa shape index (κ2) is 5.89. The van der Waals surface area contributed by atoms with Crippen molar-refractivity contribution in [2.45, 2.75) is 26.9 Å². The third-order valence-electron chi connectivity index (χ3n) is 3.44. The highest BCUT2D eigenvalue weighted by atomic mass is 16.5. The molecule has 0 aliphatic carbocycles. The quantitative estimate of drug-likeness (QED) is 0.903. The number of benzene rings is 2. The summed E-state index contributed by atoms with van der Waals surface area (Å²) in [6.45, 7) is 6.41. The highest BCUT2D eigenvalue weighted by molar-refractivity contribution is 5.44. The number of hydrogen-bond donors (Lipinski definition) is 1. The Hall–Kier alpha value is -1.80. The summed E-state index contributed by atoms with van der Waals surface area (Å²) in [5.74, 6) is 0.884. The van der Waals surface area contributed by atoms with E-state index in [2.05, 4.69) is 13.0 Å². The van der Waals surface area contributed by atoms with E-state index in [4.69, 9.17) is 4.74 Å². The fourth-order valence-electron chi connectivity index (χ4n) is 2.08. The molecule has 19 heavy (non-hydrogen) atoms. The maximum absolute atomic E-state index is 10.1. The van der Waals surface area contributed by atoms with E-state index < -0.39 is 6.10 Å². The van der Waals surface area contributed by atoms with Crippen LogP contribution in [0.2, 0.25) is 0 Å². The molecular weight excluding hydrogens is 236 g/mol. The molecule has 0 fully saturated rings. The Morgan fingerprint density at radius 2 is 1.58 bits per heavy atom. The van der Waals surface area contributed by atoms with Crippen molar-refractivity contribution >= 4 is 0 Å². The summed E-state index contributed by atoms with van der Waals surface area (Å²) in [6.07, 6.45) is -0.597. The molecule has 0 radical (unpaired) electrons. The van der Waals surface area contributed by atoms with E-state index in [0.717, 1.165) is 22.4 Å². The molecule has 0 aromatic heterocycles. The number of rotatable bonds is 4. The molecule has 2 aromatic carbocycles. The molecule has 1 N–H and O–H groups in total. The maximum atomic E-state index is 10.1. The Kier molecular flexibility index (Phi) is 4.23. The van der Waals surface area contributed by atoms with Gasteiger partial charge in [-0.25, -0.2) is 0 Å². The summed E-state index contributed by atoms with van der Waals surface area (Å²) in [5.41, 5.74) is 4.32. The van der Waals surface area contributed by atoms with Crippen molar-refractivity contribution in [2.75, 3.05) is 6.61 Å². The monoisotopic (exact) mass is 256 g/mol. The SMILES string of the molecule is Cc1ccc(C)c(OCC(O)c2ccccc2)c1C. The smallest absolute Gasteiger partial charge is 0.125 e. The second-order valence-electron chi connectivity index (χ2n) is 4.89. The molecular formula is C17H20O2. The molecule has 2 nitrogen and oxygen atoms in total. The summed E-state index contributed by atoms with van der Waals surface area (Å²) >= 11 is 0. The molecule has 2 aromatic rings. The van der Waals surface area contributed by atoms with Gasteiger partial charge in [-0.15, -0.1) is 0 Å². The van der Waals surface area contributed by atoms with Gasteiger partial charge in [-0.2, -0.15) is 0 Å². The van der Waals surface area contributed by atoms with Crippen LogP contribution in [0.25, 0.3) is 0 Å². The lowest BCUT2D eigenvalue weighted by Crippen LogP contribution is -2.11. The van der Waals surface area contributed by atoms with Crippen molar-refractivity contribution in [1.82, 2.24) is 0 Å². The van der Waals surface area contributed by atoms with Gasteiger partial charge in [0.2, 0.25) is 0 Å². The van der Waals surface area contributed by atoms with E-state index in [-0.39, 0.29) is 6.61 Å². The van der Waals surface area contributed by atoms with E-state index in [1.54, 1.807) is 0 Å². The molecule has 1 unspecified atom stereocenters. The first-order valence-electron chi connectivity index (χ1n) is 6.52. The largest absolute Gasteiger partial charge is 0.490 e. The van der Waals surface area contributed by atoms with Crippen LogP contribution >= 0.6 is 0 Å². The molecule has 100 valence electrons. The van der Waals surface area contributed by atoms with Gasteiger partial charge >= 0.3 is 0 Å². The number of aryl methyl sites for hydroxylation is 2. The predicted octanol–water partition coefficient (Wildman–Crippen LogP) is 3.72. The van der Waals surface area contributed by atoms with E-state index in [1.807, 2.05) is 50.2 Å². The van der Waals surface area contributed by atoms with Gasteiger partial charge in [-0.1, -0.05) is 42.5 Å². The van der Waals surface area contributed by atoms with E-state index >= 15 is 0 Å². The molecule has 0 amide bonds. The predicted molar refractivity (Wildman–Crippen MR) is 77.5 cm³/mol. The van der Waals surface area contributed by atoms with Gasteiger partial charge in [-0.05, 0) is 43.0 Å². The van der Waals surface area contributed by atoms with Crippen molar-refractivity contribution in [3.63, 3.8) is 0 Å². The molecule has 0 spiro atoms. The van der Waals surface area contributed by atoms with E-state index in [1.165, 1.54) is 5.56 Å². The maximum Gasteiger partial charge on any atom is 0.125 e. The molecule has 0 heterocycles. The fraction of sp³-hybridized carbons (Fsp3) is 0.294. The van der Waals surface area contributed by atoms with Gasteiger partial charge in [0.25, 0.3) is 0 Å². The van der Waals surface area contributed by atoms with Crippen molar-refractivity contribution < 1.29 is 9.84 Å². The van der Waals surface area contributed by atoms with Crippen LogP contribution in [0.15, 0.2) is 42.5 Å². The van der Waals surface area contributed by atoms with Gasteiger partial charge < -0.3 is 9.84 Å². The van der Waals surface area contributed by atoms with Crippen LogP contribution in [0, 0.1) is 20.8 Å². The van der Waals surface area contributed by atoms with Crippen LogP contribution in [-0.4, -0.2) is 11.7 Å². The first kappa shape index (κ1) is 13.6. The minimum atomic E-state index is -0.597. The third-order valence-corrected chi connectivity index (χ3v) is 3.44. The molecule has 1 atom stereocenters. The van der Waals surface area contributed by atoms with Crippen molar-refractivity contribution in [1.29, 1.82) is 0 Å². The van der Waals surface area contributed by atoms with Crippen LogP contribution in [0.5, 0.6) is 5.75 Å². The zero-order valence-electron chi connectivity index (χ0n) is 11.7. The lowest BCUT2D eigenvalue weighted by atomic mass is 10.1. The third kappa shape index (κ3) is 3.15. The van der Waals surface area contributed by atoms with Crippen LogP contribution < -0.4 is 4.74 Å². The number of aliphatic hydroxyl groups excluding tert-OH is 1. The zero-order chi connectivity index (χ0) is 13.8. The van der Waals surface area contributed by atoms with Gasteiger partial charge in [0.1, 0.15) is 18.5 Å². The van der Waals surface area contributed by atoms with Crippen molar-refractivity contribution in [3.8, 4) is 5.75 Å². The molecule has 2 heteroatoms. The Morgan fingerprint density at radius 3 is 2.26 bits per heavy atom. The standard InChI is InChI=1S/C17H20O2/c1-12-9-10-13(2)17(14(12)3)19-11-16(18)15-7-5-4-6-8-15/h4-10,16,18H,11H2,1-3H3. The average molecular weight is 256 g/mol. The Bertz CT molecular complexity index is 547. The highest BCUT2D eigenvalue weighted by Crippen LogP contribution is 2.26. The van der Waals surface area contributed by atoms with Crippen LogP contribution in [-0.2, 0) is 0 Å². The molecule has 2 rings (SSSR count). The highest BCUT2D eigenvalue weighted by Gasteiger charge is 2.11. The number of hydrogen-bond acceptors (Lipinski definition) is 2. The normalized spacial score (nSPS) is 12.2. The Labute approximate surface area is 114 Å². The van der Waals surface area contributed by atoms with E-state index in [0.29, 0.717) is 0 Å². The molecule has 0 bridgehead atoms. The first-order valence-corrected chi connectivity index (χ1v) is 6.52. The van der Waals surface area contributed by atoms with Gasteiger partial charge in [-0.3, -0.25) is 0 Å². The van der Waals surface area contributed by atoms with E-state index in [9.17, 15) is 5.11 Å². The second-order valence-corrected chi connectivity index (χ2v) is 4.89. The molecule has 0 saturated carbocycles. The van der Waals surface area contributed by atoms with Crippen LogP contribution in [0.3, 0.4) is 0 Å². The first-order chi connectivity index (χ1) is 9.09. The van der Waals surface area contributed by atoms with Gasteiger partial charge in [0.05, 0.1) is 0 Å². The minimum absolute atomic E-state index is 0.273.